The highest BCUT2D eigenvalue weighted by molar-refractivity contribution is 7.89. The summed E-state index contributed by atoms with van der Waals surface area (Å²) < 4.78 is 27.0. The van der Waals surface area contributed by atoms with Crippen LogP contribution in [0.15, 0.2) is 29.2 Å². The molecule has 0 saturated carbocycles. The molecular formula is C22H40N2O2S. The van der Waals surface area contributed by atoms with Crippen LogP contribution >= 0.6 is 0 Å². The first-order valence-electron chi connectivity index (χ1n) is 10.9. The van der Waals surface area contributed by atoms with Crippen molar-refractivity contribution < 1.29 is 8.42 Å². The van der Waals surface area contributed by atoms with Crippen molar-refractivity contribution in [3.05, 3.63) is 24.3 Å². The third-order valence-electron chi connectivity index (χ3n) is 5.03. The number of rotatable bonds is 17. The quantitative estimate of drug-likeness (QED) is 0.249. The molecule has 0 bridgehead atoms. The van der Waals surface area contributed by atoms with Gasteiger partial charge in [-0.25, -0.2) is 13.1 Å². The van der Waals surface area contributed by atoms with E-state index in [-0.39, 0.29) is 4.90 Å². The van der Waals surface area contributed by atoms with Crippen molar-refractivity contribution in [2.45, 2.75) is 102 Å². The number of anilines is 1. The third-order valence-corrected chi connectivity index (χ3v) is 6.57. The number of nitrogen functional groups attached to an aromatic ring is 1. The van der Waals surface area contributed by atoms with Crippen molar-refractivity contribution in [2.24, 2.45) is 0 Å². The Kier molecular flexibility index (Phi) is 13.2. The fraction of sp³-hybridized carbons (Fsp3) is 0.727. The Morgan fingerprint density at radius 2 is 1.19 bits per heavy atom. The molecule has 1 aromatic rings. The van der Waals surface area contributed by atoms with E-state index in [1.54, 1.807) is 24.3 Å². The van der Waals surface area contributed by atoms with Gasteiger partial charge in [0.15, 0.2) is 0 Å². The van der Waals surface area contributed by atoms with Crippen LogP contribution in [0, 0.1) is 0 Å². The number of unbranched alkanes of at least 4 members (excludes halogenated alkanes) is 13. The molecule has 0 unspecified atom stereocenters. The maximum Gasteiger partial charge on any atom is 0.242 e. The number of hydrogen-bond acceptors (Lipinski definition) is 3. The topological polar surface area (TPSA) is 72.2 Å². The molecule has 5 heteroatoms. The standard InChI is InChI=1S/C22H40N2O2S/c1-2-3-4-5-6-7-8-9-10-11-12-13-14-17-20-24-27(25,26)22-19-16-15-18-21(22)23/h15-16,18-19,24H,2-14,17,20,23H2,1H3. The van der Waals surface area contributed by atoms with Crippen molar-refractivity contribution >= 4 is 15.7 Å². The van der Waals surface area contributed by atoms with Crippen molar-refractivity contribution in [3.8, 4) is 0 Å². The highest BCUT2D eigenvalue weighted by Crippen LogP contribution is 2.17. The van der Waals surface area contributed by atoms with Gasteiger partial charge in [0, 0.05) is 6.54 Å². The minimum atomic E-state index is -3.48. The highest BCUT2D eigenvalue weighted by atomic mass is 32.2. The van der Waals surface area contributed by atoms with Gasteiger partial charge in [0.1, 0.15) is 4.90 Å². The molecule has 1 aromatic carbocycles. The van der Waals surface area contributed by atoms with E-state index in [4.69, 9.17) is 5.73 Å². The van der Waals surface area contributed by atoms with Crippen LogP contribution in [0.1, 0.15) is 96.8 Å². The van der Waals surface area contributed by atoms with Crippen LogP contribution in [0.2, 0.25) is 0 Å². The Morgan fingerprint density at radius 3 is 1.67 bits per heavy atom. The summed E-state index contributed by atoms with van der Waals surface area (Å²) in [5, 5.41) is 0. The molecule has 3 N–H and O–H groups in total. The highest BCUT2D eigenvalue weighted by Gasteiger charge is 2.15. The minimum Gasteiger partial charge on any atom is -0.398 e. The summed E-state index contributed by atoms with van der Waals surface area (Å²) in [4.78, 5) is 0.176. The third kappa shape index (κ3) is 11.4. The molecule has 4 nitrogen and oxygen atoms in total. The Labute approximate surface area is 167 Å². The van der Waals surface area contributed by atoms with E-state index in [0.717, 1.165) is 12.8 Å². The summed E-state index contributed by atoms with van der Waals surface area (Å²) in [6.07, 6.45) is 18.1. The lowest BCUT2D eigenvalue weighted by Crippen LogP contribution is -2.25. The molecule has 0 aliphatic rings. The van der Waals surface area contributed by atoms with E-state index >= 15 is 0 Å². The Hall–Kier alpha value is -1.07. The zero-order valence-electron chi connectivity index (χ0n) is 17.2. The van der Waals surface area contributed by atoms with Gasteiger partial charge in [0.05, 0.1) is 5.69 Å². The lowest BCUT2D eigenvalue weighted by Gasteiger charge is -2.08. The Balaban J connectivity index is 1.93. The van der Waals surface area contributed by atoms with Crippen molar-refractivity contribution in [2.75, 3.05) is 12.3 Å². The van der Waals surface area contributed by atoms with Crippen LogP contribution in [0.4, 0.5) is 5.69 Å². The molecule has 0 heterocycles. The first-order chi connectivity index (χ1) is 13.1. The van der Waals surface area contributed by atoms with Gasteiger partial charge in [-0.05, 0) is 18.6 Å². The number of nitrogens with two attached hydrogens (primary N) is 1. The molecule has 0 spiro atoms. The number of hydrogen-bond donors (Lipinski definition) is 2. The summed E-state index contributed by atoms with van der Waals surface area (Å²) in [7, 11) is -3.48. The summed E-state index contributed by atoms with van der Waals surface area (Å²) in [5.74, 6) is 0. The molecular weight excluding hydrogens is 356 g/mol. The summed E-state index contributed by atoms with van der Waals surface area (Å²) in [6, 6.07) is 6.59. The van der Waals surface area contributed by atoms with Gasteiger partial charge >= 0.3 is 0 Å². The molecule has 0 saturated heterocycles. The lowest BCUT2D eigenvalue weighted by atomic mass is 10.0. The molecule has 0 aliphatic heterocycles. The fourth-order valence-corrected chi connectivity index (χ4v) is 4.53. The predicted molar refractivity (Wildman–Crippen MR) is 116 cm³/mol. The van der Waals surface area contributed by atoms with Crippen LogP contribution in [-0.4, -0.2) is 15.0 Å². The van der Waals surface area contributed by atoms with E-state index in [2.05, 4.69) is 11.6 Å². The van der Waals surface area contributed by atoms with E-state index in [0.29, 0.717) is 12.2 Å². The lowest BCUT2D eigenvalue weighted by molar-refractivity contribution is 0.533. The molecule has 0 fully saturated rings. The van der Waals surface area contributed by atoms with Gasteiger partial charge in [-0.1, -0.05) is 103 Å². The first-order valence-corrected chi connectivity index (χ1v) is 12.4. The zero-order chi connectivity index (χ0) is 19.8. The van der Waals surface area contributed by atoms with Crippen LogP contribution in [0.25, 0.3) is 0 Å². The average Bonchev–Trinajstić information content (AvgIpc) is 2.65. The Morgan fingerprint density at radius 1 is 0.741 bits per heavy atom. The minimum absolute atomic E-state index is 0.176. The van der Waals surface area contributed by atoms with E-state index in [1.807, 2.05) is 0 Å². The molecule has 0 aliphatic carbocycles. The summed E-state index contributed by atoms with van der Waals surface area (Å²) >= 11 is 0. The molecule has 0 amide bonds. The molecule has 156 valence electrons. The predicted octanol–water partition coefficient (Wildman–Crippen LogP) is 6.03. The molecule has 0 aromatic heterocycles. The van der Waals surface area contributed by atoms with Crippen LogP contribution in [0.5, 0.6) is 0 Å². The van der Waals surface area contributed by atoms with Gasteiger partial charge in [-0.15, -0.1) is 0 Å². The number of benzene rings is 1. The second-order valence-electron chi connectivity index (χ2n) is 7.53. The molecule has 27 heavy (non-hydrogen) atoms. The van der Waals surface area contributed by atoms with Crippen LogP contribution in [-0.2, 0) is 10.0 Å². The van der Waals surface area contributed by atoms with Gasteiger partial charge < -0.3 is 5.73 Å². The summed E-state index contributed by atoms with van der Waals surface area (Å²) in [5.41, 5.74) is 6.04. The number of nitrogens with one attached hydrogen (secondary N) is 1. The number of para-hydroxylation sites is 1. The zero-order valence-corrected chi connectivity index (χ0v) is 18.0. The SMILES string of the molecule is CCCCCCCCCCCCCCCCNS(=O)(=O)c1ccccc1N. The van der Waals surface area contributed by atoms with Crippen molar-refractivity contribution in [3.63, 3.8) is 0 Å². The number of sulfonamides is 1. The smallest absolute Gasteiger partial charge is 0.242 e. The van der Waals surface area contributed by atoms with Crippen LogP contribution in [0.3, 0.4) is 0 Å². The largest absolute Gasteiger partial charge is 0.398 e. The van der Waals surface area contributed by atoms with Crippen LogP contribution < -0.4 is 10.5 Å². The Bertz CT molecular complexity index is 588. The maximum absolute atomic E-state index is 12.2. The van der Waals surface area contributed by atoms with Crippen molar-refractivity contribution in [1.82, 2.24) is 4.72 Å². The van der Waals surface area contributed by atoms with Gasteiger partial charge in [-0.2, -0.15) is 0 Å². The monoisotopic (exact) mass is 396 g/mol. The average molecular weight is 397 g/mol. The van der Waals surface area contributed by atoms with Gasteiger partial charge in [0.2, 0.25) is 10.0 Å². The van der Waals surface area contributed by atoms with Gasteiger partial charge in [-0.3, -0.25) is 0 Å². The fourth-order valence-electron chi connectivity index (χ4n) is 3.33. The molecule has 0 radical (unpaired) electrons. The second-order valence-corrected chi connectivity index (χ2v) is 9.27. The molecule has 1 rings (SSSR count). The molecule has 0 atom stereocenters. The van der Waals surface area contributed by atoms with E-state index in [9.17, 15) is 8.42 Å². The second kappa shape index (κ2) is 14.9. The van der Waals surface area contributed by atoms with E-state index < -0.39 is 10.0 Å². The van der Waals surface area contributed by atoms with Gasteiger partial charge in [0.25, 0.3) is 0 Å². The summed E-state index contributed by atoms with van der Waals surface area (Å²) in [6.45, 7) is 2.74. The first kappa shape index (κ1) is 24.0. The maximum atomic E-state index is 12.2. The normalized spacial score (nSPS) is 11.7. The van der Waals surface area contributed by atoms with Crippen molar-refractivity contribution in [1.29, 1.82) is 0 Å². The van der Waals surface area contributed by atoms with E-state index in [1.165, 1.54) is 77.0 Å².